The van der Waals surface area contributed by atoms with E-state index in [0.717, 1.165) is 30.0 Å². The molecule has 0 fully saturated rings. The van der Waals surface area contributed by atoms with E-state index in [2.05, 4.69) is 24.1 Å². The number of hydrogen-bond acceptors (Lipinski definition) is 4. The Hall–Kier alpha value is -1.40. The third-order valence-electron chi connectivity index (χ3n) is 3.35. The normalized spacial score (nSPS) is 15.4. The Morgan fingerprint density at radius 3 is 2.63 bits per heavy atom. The van der Waals surface area contributed by atoms with Gasteiger partial charge in [0, 0.05) is 30.9 Å². The quantitative estimate of drug-likeness (QED) is 0.883. The molecule has 2 amide bonds. The molecule has 19 heavy (non-hydrogen) atoms. The standard InChI is InChI=1S/C13H19N3O2S/c1-7(2)16-5-4-9-10(6-16)19-13(15-8(3)17)11(9)12(14)18/h7H,4-6H2,1-3H3,(H2,14,18)(H,15,17). The third-order valence-corrected chi connectivity index (χ3v) is 4.48. The van der Waals surface area contributed by atoms with Crippen molar-refractivity contribution in [2.45, 2.75) is 39.8 Å². The molecule has 0 bridgehead atoms. The SMILES string of the molecule is CC(=O)Nc1sc2c(c1C(N)=O)CCN(C(C)C)C2. The number of carbonyl (C=O) groups excluding carboxylic acids is 2. The number of nitrogens with two attached hydrogens (primary N) is 1. The fourth-order valence-electron chi connectivity index (χ4n) is 2.37. The van der Waals surface area contributed by atoms with E-state index in [1.807, 2.05) is 0 Å². The number of hydrogen-bond donors (Lipinski definition) is 2. The van der Waals surface area contributed by atoms with Gasteiger partial charge in [0.1, 0.15) is 5.00 Å². The number of nitrogens with zero attached hydrogens (tertiary/aromatic N) is 1. The molecule has 5 nitrogen and oxygen atoms in total. The first kappa shape index (κ1) is 14.0. The van der Waals surface area contributed by atoms with Gasteiger partial charge in [-0.2, -0.15) is 0 Å². The van der Waals surface area contributed by atoms with E-state index in [-0.39, 0.29) is 5.91 Å². The predicted octanol–water partition coefficient (Wildman–Crippen LogP) is 1.57. The molecule has 1 aliphatic rings. The van der Waals surface area contributed by atoms with Gasteiger partial charge < -0.3 is 11.1 Å². The lowest BCUT2D eigenvalue weighted by molar-refractivity contribution is -0.114. The first-order chi connectivity index (χ1) is 8.90. The largest absolute Gasteiger partial charge is 0.365 e. The lowest BCUT2D eigenvalue weighted by Gasteiger charge is -2.30. The van der Waals surface area contributed by atoms with Gasteiger partial charge >= 0.3 is 0 Å². The van der Waals surface area contributed by atoms with Gasteiger partial charge in [-0.3, -0.25) is 14.5 Å². The Balaban J connectivity index is 2.39. The Labute approximate surface area is 116 Å². The molecular formula is C13H19N3O2S. The van der Waals surface area contributed by atoms with Crippen LogP contribution >= 0.6 is 11.3 Å². The summed E-state index contributed by atoms with van der Waals surface area (Å²) in [5.74, 6) is -0.638. The highest BCUT2D eigenvalue weighted by Crippen LogP contribution is 2.37. The van der Waals surface area contributed by atoms with Gasteiger partial charge in [0.15, 0.2) is 0 Å². The first-order valence-corrected chi connectivity index (χ1v) is 7.17. The van der Waals surface area contributed by atoms with Crippen molar-refractivity contribution < 1.29 is 9.59 Å². The molecule has 1 aliphatic heterocycles. The van der Waals surface area contributed by atoms with E-state index in [1.54, 1.807) is 0 Å². The van der Waals surface area contributed by atoms with Crippen molar-refractivity contribution in [2.75, 3.05) is 11.9 Å². The van der Waals surface area contributed by atoms with E-state index in [0.29, 0.717) is 16.6 Å². The molecule has 0 saturated heterocycles. The van der Waals surface area contributed by atoms with Crippen LogP contribution in [0.1, 0.15) is 41.6 Å². The van der Waals surface area contributed by atoms with Crippen LogP contribution in [0.3, 0.4) is 0 Å². The Bertz CT molecular complexity index is 522. The number of primary amides is 1. The van der Waals surface area contributed by atoms with E-state index in [1.165, 1.54) is 18.3 Å². The van der Waals surface area contributed by atoms with Crippen LogP contribution in [0.2, 0.25) is 0 Å². The highest BCUT2D eigenvalue weighted by Gasteiger charge is 2.27. The number of carbonyl (C=O) groups is 2. The van der Waals surface area contributed by atoms with E-state index in [9.17, 15) is 9.59 Å². The zero-order chi connectivity index (χ0) is 14.2. The maximum atomic E-state index is 11.6. The second kappa shape index (κ2) is 5.30. The van der Waals surface area contributed by atoms with Crippen molar-refractivity contribution in [3.8, 4) is 0 Å². The van der Waals surface area contributed by atoms with Crippen LogP contribution in [0.4, 0.5) is 5.00 Å². The fraction of sp³-hybridized carbons (Fsp3) is 0.538. The Kier molecular flexibility index (Phi) is 3.91. The molecule has 2 rings (SSSR count). The molecule has 0 aromatic carbocycles. The topological polar surface area (TPSA) is 75.4 Å². The van der Waals surface area contributed by atoms with Crippen LogP contribution in [0, 0.1) is 0 Å². The van der Waals surface area contributed by atoms with Crippen LogP contribution < -0.4 is 11.1 Å². The van der Waals surface area contributed by atoms with Crippen molar-refractivity contribution in [1.29, 1.82) is 0 Å². The van der Waals surface area contributed by atoms with Crippen LogP contribution in [0.25, 0.3) is 0 Å². The van der Waals surface area contributed by atoms with Gasteiger partial charge in [-0.15, -0.1) is 11.3 Å². The lowest BCUT2D eigenvalue weighted by atomic mass is 10.0. The van der Waals surface area contributed by atoms with E-state index < -0.39 is 5.91 Å². The third kappa shape index (κ3) is 2.79. The summed E-state index contributed by atoms with van der Waals surface area (Å²) in [7, 11) is 0. The zero-order valence-corrected chi connectivity index (χ0v) is 12.3. The Morgan fingerprint density at radius 2 is 2.11 bits per heavy atom. The van der Waals surface area contributed by atoms with Crippen molar-refractivity contribution in [3.63, 3.8) is 0 Å². The van der Waals surface area contributed by atoms with Crippen LogP contribution in [-0.2, 0) is 17.8 Å². The first-order valence-electron chi connectivity index (χ1n) is 6.36. The van der Waals surface area contributed by atoms with Crippen LogP contribution in [0.5, 0.6) is 0 Å². The number of fused-ring (bicyclic) bond motifs is 1. The van der Waals surface area contributed by atoms with Gasteiger partial charge in [0.05, 0.1) is 5.56 Å². The fourth-order valence-corrected chi connectivity index (χ4v) is 3.70. The average molecular weight is 281 g/mol. The summed E-state index contributed by atoms with van der Waals surface area (Å²) in [6.45, 7) is 7.48. The molecule has 2 heterocycles. The van der Waals surface area contributed by atoms with Gasteiger partial charge in [-0.25, -0.2) is 0 Å². The van der Waals surface area contributed by atoms with Crippen LogP contribution in [-0.4, -0.2) is 29.3 Å². The molecule has 0 saturated carbocycles. The minimum absolute atomic E-state index is 0.179. The maximum absolute atomic E-state index is 11.6. The molecular weight excluding hydrogens is 262 g/mol. The minimum Gasteiger partial charge on any atom is -0.365 e. The summed E-state index contributed by atoms with van der Waals surface area (Å²) in [5, 5.41) is 3.31. The molecule has 0 spiro atoms. The average Bonchev–Trinajstić information content (AvgIpc) is 2.64. The summed E-state index contributed by atoms with van der Waals surface area (Å²) in [4.78, 5) is 26.3. The maximum Gasteiger partial charge on any atom is 0.251 e. The van der Waals surface area contributed by atoms with Crippen molar-refractivity contribution in [2.24, 2.45) is 5.73 Å². The Morgan fingerprint density at radius 1 is 1.42 bits per heavy atom. The number of rotatable bonds is 3. The van der Waals surface area contributed by atoms with Crippen molar-refractivity contribution >= 4 is 28.2 Å². The minimum atomic E-state index is -0.459. The summed E-state index contributed by atoms with van der Waals surface area (Å²) in [6.07, 6.45) is 0.807. The van der Waals surface area contributed by atoms with Crippen molar-refractivity contribution in [3.05, 3.63) is 16.0 Å². The predicted molar refractivity (Wildman–Crippen MR) is 76.4 cm³/mol. The van der Waals surface area contributed by atoms with E-state index in [4.69, 9.17) is 5.73 Å². The van der Waals surface area contributed by atoms with Gasteiger partial charge in [0.25, 0.3) is 5.91 Å². The van der Waals surface area contributed by atoms with Gasteiger partial charge in [-0.05, 0) is 25.8 Å². The molecule has 3 N–H and O–H groups in total. The van der Waals surface area contributed by atoms with Crippen molar-refractivity contribution in [1.82, 2.24) is 4.90 Å². The second-order valence-electron chi connectivity index (χ2n) is 5.07. The summed E-state index contributed by atoms with van der Waals surface area (Å²) >= 11 is 1.47. The molecule has 104 valence electrons. The summed E-state index contributed by atoms with van der Waals surface area (Å²) in [5.41, 5.74) is 6.97. The van der Waals surface area contributed by atoms with Gasteiger partial charge in [0.2, 0.25) is 5.91 Å². The number of nitrogens with one attached hydrogen (secondary N) is 1. The molecule has 0 unspecified atom stereocenters. The van der Waals surface area contributed by atoms with Crippen LogP contribution in [0.15, 0.2) is 0 Å². The lowest BCUT2D eigenvalue weighted by Crippen LogP contribution is -2.35. The number of thiophene rings is 1. The number of anilines is 1. The highest BCUT2D eigenvalue weighted by atomic mass is 32.1. The smallest absolute Gasteiger partial charge is 0.251 e. The molecule has 6 heteroatoms. The van der Waals surface area contributed by atoms with E-state index >= 15 is 0 Å². The number of amides is 2. The molecule has 0 aliphatic carbocycles. The summed E-state index contributed by atoms with van der Waals surface area (Å²) in [6, 6.07) is 0.469. The molecule has 1 aromatic heterocycles. The molecule has 1 aromatic rings. The second-order valence-corrected chi connectivity index (χ2v) is 6.17. The van der Waals surface area contributed by atoms with Gasteiger partial charge in [-0.1, -0.05) is 0 Å². The molecule has 0 radical (unpaired) electrons. The molecule has 0 atom stereocenters. The zero-order valence-electron chi connectivity index (χ0n) is 11.4. The summed E-state index contributed by atoms with van der Waals surface area (Å²) < 4.78 is 0. The highest BCUT2D eigenvalue weighted by molar-refractivity contribution is 7.17. The monoisotopic (exact) mass is 281 g/mol.